The summed E-state index contributed by atoms with van der Waals surface area (Å²) in [5.41, 5.74) is 2.32. The van der Waals surface area contributed by atoms with Crippen LogP contribution in [0.3, 0.4) is 0 Å². The minimum Gasteiger partial charge on any atom is -0.385 e. The van der Waals surface area contributed by atoms with Crippen molar-refractivity contribution in [1.29, 1.82) is 0 Å². The van der Waals surface area contributed by atoms with E-state index < -0.39 is 0 Å². The van der Waals surface area contributed by atoms with E-state index in [0.717, 1.165) is 48.0 Å². The van der Waals surface area contributed by atoms with Crippen molar-refractivity contribution in [1.82, 2.24) is 14.9 Å². The van der Waals surface area contributed by atoms with Crippen LogP contribution in [0.4, 0.5) is 4.39 Å². The van der Waals surface area contributed by atoms with Gasteiger partial charge in [0.2, 0.25) is 0 Å². The van der Waals surface area contributed by atoms with Gasteiger partial charge in [-0.1, -0.05) is 12.1 Å². The molecule has 148 valence electrons. The number of fused-ring (bicyclic) bond motifs is 3. The normalized spacial score (nSPS) is 16.4. The number of aromatic nitrogens is 2. The number of benzene rings is 1. The lowest BCUT2D eigenvalue weighted by atomic mass is 9.93. The maximum atomic E-state index is 13.0. The number of halogens is 1. The van der Waals surface area contributed by atoms with Crippen molar-refractivity contribution < 1.29 is 9.13 Å². The van der Waals surface area contributed by atoms with E-state index in [1.807, 2.05) is 12.1 Å². The third-order valence-corrected chi connectivity index (χ3v) is 6.45. The van der Waals surface area contributed by atoms with Crippen LogP contribution in [-0.2, 0) is 30.7 Å². The van der Waals surface area contributed by atoms with E-state index in [4.69, 9.17) is 4.74 Å². The Hall–Kier alpha value is -2.09. The van der Waals surface area contributed by atoms with Gasteiger partial charge in [-0.2, -0.15) is 0 Å². The molecule has 1 aliphatic carbocycles. The molecule has 1 aromatic carbocycles. The summed E-state index contributed by atoms with van der Waals surface area (Å²) < 4.78 is 19.8. The van der Waals surface area contributed by atoms with Crippen LogP contribution in [0.5, 0.6) is 0 Å². The van der Waals surface area contributed by atoms with E-state index in [-0.39, 0.29) is 11.4 Å². The Labute approximate surface area is 167 Å². The van der Waals surface area contributed by atoms with E-state index in [1.54, 1.807) is 29.3 Å². The highest BCUT2D eigenvalue weighted by molar-refractivity contribution is 7.18. The molecule has 1 aliphatic rings. The molecule has 4 rings (SSSR count). The Morgan fingerprint density at radius 1 is 1.36 bits per heavy atom. The number of rotatable bonds is 7. The van der Waals surface area contributed by atoms with Gasteiger partial charge in [0.1, 0.15) is 10.6 Å². The summed E-state index contributed by atoms with van der Waals surface area (Å²) >= 11 is 1.64. The van der Waals surface area contributed by atoms with Crippen molar-refractivity contribution in [2.45, 2.75) is 44.8 Å². The van der Waals surface area contributed by atoms with Gasteiger partial charge in [0.15, 0.2) is 0 Å². The second-order valence-electron chi connectivity index (χ2n) is 7.22. The van der Waals surface area contributed by atoms with Gasteiger partial charge in [0.25, 0.3) is 5.56 Å². The molecule has 0 unspecified atom stereocenters. The minimum absolute atomic E-state index is 0.0660. The van der Waals surface area contributed by atoms with E-state index in [1.165, 1.54) is 22.6 Å². The fourth-order valence-corrected chi connectivity index (χ4v) is 5.04. The molecule has 7 heteroatoms. The number of hydrogen-bond donors (Lipinski definition) is 1. The lowest BCUT2D eigenvalue weighted by Crippen LogP contribution is -2.33. The standard InChI is InChI=1S/C21H24FN3O2S/c1-27-10-2-9-25-13-24-20-19(21(25)26)17-8-7-16(11-18(17)28-20)23-12-14-3-5-15(22)6-4-14/h3-6,13,16,23H,2,7-12H2,1H3/t16-/m1/s1. The molecule has 0 saturated carbocycles. The van der Waals surface area contributed by atoms with Gasteiger partial charge in [-0.25, -0.2) is 9.37 Å². The van der Waals surface area contributed by atoms with E-state index in [0.29, 0.717) is 19.2 Å². The van der Waals surface area contributed by atoms with Crippen LogP contribution in [0.1, 0.15) is 28.8 Å². The van der Waals surface area contributed by atoms with Crippen LogP contribution in [-0.4, -0.2) is 29.3 Å². The number of ether oxygens (including phenoxy) is 1. The molecule has 0 saturated heterocycles. The summed E-state index contributed by atoms with van der Waals surface area (Å²) in [6, 6.07) is 6.96. The second-order valence-corrected chi connectivity index (χ2v) is 8.30. The van der Waals surface area contributed by atoms with Crippen LogP contribution in [0, 0.1) is 5.82 Å². The molecule has 5 nitrogen and oxygen atoms in total. The highest BCUT2D eigenvalue weighted by Crippen LogP contribution is 2.33. The highest BCUT2D eigenvalue weighted by Gasteiger charge is 2.25. The molecular formula is C21H24FN3O2S. The zero-order valence-corrected chi connectivity index (χ0v) is 16.7. The van der Waals surface area contributed by atoms with Crippen LogP contribution < -0.4 is 10.9 Å². The predicted molar refractivity (Wildman–Crippen MR) is 109 cm³/mol. The summed E-state index contributed by atoms with van der Waals surface area (Å²) in [5, 5.41) is 4.37. The Bertz CT molecular complexity index is 1010. The Morgan fingerprint density at radius 3 is 2.96 bits per heavy atom. The summed E-state index contributed by atoms with van der Waals surface area (Å²) in [7, 11) is 1.67. The molecule has 28 heavy (non-hydrogen) atoms. The van der Waals surface area contributed by atoms with Crippen molar-refractivity contribution >= 4 is 21.6 Å². The third-order valence-electron chi connectivity index (χ3n) is 5.29. The van der Waals surface area contributed by atoms with Gasteiger partial charge in [-0.15, -0.1) is 11.3 Å². The average molecular weight is 402 g/mol. The van der Waals surface area contributed by atoms with E-state index >= 15 is 0 Å². The SMILES string of the molecule is COCCCn1cnc2sc3c(c2c1=O)CC[C@@H](NCc1ccc(F)cc1)C3. The molecule has 0 fully saturated rings. The molecule has 1 N–H and O–H groups in total. The van der Waals surface area contributed by atoms with Crippen molar-refractivity contribution in [2.75, 3.05) is 13.7 Å². The lowest BCUT2D eigenvalue weighted by Gasteiger charge is -2.23. The molecule has 0 aliphatic heterocycles. The average Bonchev–Trinajstić information content (AvgIpc) is 3.08. The fraction of sp³-hybridized carbons (Fsp3) is 0.429. The highest BCUT2D eigenvalue weighted by atomic mass is 32.1. The summed E-state index contributed by atoms with van der Waals surface area (Å²) in [4.78, 5) is 19.6. The van der Waals surface area contributed by atoms with Crippen molar-refractivity contribution in [3.05, 3.63) is 62.8 Å². The molecule has 3 aromatic rings. The number of hydrogen-bond acceptors (Lipinski definition) is 5. The van der Waals surface area contributed by atoms with Crippen molar-refractivity contribution in [3.8, 4) is 0 Å². The Morgan fingerprint density at radius 2 is 2.18 bits per heavy atom. The summed E-state index contributed by atoms with van der Waals surface area (Å²) in [6.07, 6.45) is 5.23. The zero-order valence-electron chi connectivity index (χ0n) is 15.9. The molecule has 0 spiro atoms. The number of thiophene rings is 1. The summed E-state index contributed by atoms with van der Waals surface area (Å²) in [5.74, 6) is -0.211. The van der Waals surface area contributed by atoms with Gasteiger partial charge in [0.05, 0.1) is 11.7 Å². The minimum atomic E-state index is -0.211. The second kappa shape index (κ2) is 8.51. The van der Waals surface area contributed by atoms with Crippen molar-refractivity contribution in [2.24, 2.45) is 0 Å². The Balaban J connectivity index is 1.48. The van der Waals surface area contributed by atoms with Crippen LogP contribution in [0.25, 0.3) is 10.2 Å². The maximum Gasteiger partial charge on any atom is 0.262 e. The van der Waals surface area contributed by atoms with Crippen LogP contribution in [0.15, 0.2) is 35.4 Å². The van der Waals surface area contributed by atoms with E-state index in [2.05, 4.69) is 10.3 Å². The quantitative estimate of drug-likeness (QED) is 0.618. The zero-order chi connectivity index (χ0) is 19.5. The first kappa shape index (κ1) is 19.2. The molecule has 2 aromatic heterocycles. The van der Waals surface area contributed by atoms with E-state index in [9.17, 15) is 9.18 Å². The number of nitrogens with one attached hydrogen (secondary N) is 1. The monoisotopic (exact) mass is 401 g/mol. The third kappa shape index (κ3) is 4.01. The number of methoxy groups -OCH3 is 1. The topological polar surface area (TPSA) is 56.2 Å². The molecule has 0 radical (unpaired) electrons. The fourth-order valence-electron chi connectivity index (χ4n) is 3.78. The van der Waals surface area contributed by atoms with Gasteiger partial charge >= 0.3 is 0 Å². The Kier molecular flexibility index (Phi) is 5.85. The molecule has 1 atom stereocenters. The summed E-state index contributed by atoms with van der Waals surface area (Å²) in [6.45, 7) is 1.98. The predicted octanol–water partition coefficient (Wildman–Crippen LogP) is 3.28. The van der Waals surface area contributed by atoms with Gasteiger partial charge < -0.3 is 10.1 Å². The smallest absolute Gasteiger partial charge is 0.262 e. The van der Waals surface area contributed by atoms with Crippen LogP contribution in [0.2, 0.25) is 0 Å². The molecule has 0 bridgehead atoms. The first-order valence-corrected chi connectivity index (χ1v) is 10.4. The van der Waals surface area contributed by atoms with Gasteiger partial charge in [0, 0.05) is 37.7 Å². The molecule has 0 amide bonds. The number of aryl methyl sites for hydroxylation is 2. The lowest BCUT2D eigenvalue weighted by molar-refractivity contribution is 0.190. The number of nitrogens with zero attached hydrogens (tertiary/aromatic N) is 2. The molecular weight excluding hydrogens is 377 g/mol. The van der Waals surface area contributed by atoms with Gasteiger partial charge in [-0.3, -0.25) is 9.36 Å². The molecule has 2 heterocycles. The first-order valence-electron chi connectivity index (χ1n) is 9.62. The van der Waals surface area contributed by atoms with Gasteiger partial charge in [-0.05, 0) is 48.9 Å². The first-order chi connectivity index (χ1) is 13.7. The maximum absolute atomic E-state index is 13.0. The van der Waals surface area contributed by atoms with Crippen LogP contribution >= 0.6 is 11.3 Å². The largest absolute Gasteiger partial charge is 0.385 e. The van der Waals surface area contributed by atoms with Crippen molar-refractivity contribution in [3.63, 3.8) is 0 Å².